The highest BCUT2D eigenvalue weighted by Gasteiger charge is 2.38. The lowest BCUT2D eigenvalue weighted by atomic mass is 9.96. The highest BCUT2D eigenvalue weighted by Crippen LogP contribution is 2.31. The summed E-state index contributed by atoms with van der Waals surface area (Å²) in [5.41, 5.74) is 4.75. The summed E-state index contributed by atoms with van der Waals surface area (Å²) in [6, 6.07) is 36.4. The molecule has 0 saturated carbocycles. The summed E-state index contributed by atoms with van der Waals surface area (Å²) >= 11 is 0. The Hall–Kier alpha value is -6.04. The number of carbonyl (C=O) groups is 4. The van der Waals surface area contributed by atoms with Crippen molar-refractivity contribution in [3.63, 3.8) is 0 Å². The van der Waals surface area contributed by atoms with Gasteiger partial charge in [0.15, 0.2) is 0 Å². The van der Waals surface area contributed by atoms with Gasteiger partial charge in [-0.3, -0.25) is 24.1 Å². The SMILES string of the molecule is CCCN(C(=O)C(CN(C)C)c1ccccc1)C(C)C(=O)Nc1ccc(-c2ccc(-c3ccc(NC(=O)C4CCCN4C(=O)C(c4ccccc4)N(C)C)cc3)o2)cc1. The number of hydrogen-bond acceptors (Lipinski definition) is 7. The van der Waals surface area contributed by atoms with Crippen molar-refractivity contribution >= 4 is 35.0 Å². The predicted octanol–water partition coefficient (Wildman–Crippen LogP) is 7.76. The summed E-state index contributed by atoms with van der Waals surface area (Å²) in [7, 11) is 7.65. The number of nitrogens with zero attached hydrogens (tertiary/aromatic N) is 4. The number of likely N-dealkylation sites (tertiary alicyclic amines) is 1. The van der Waals surface area contributed by atoms with E-state index in [2.05, 4.69) is 10.6 Å². The van der Waals surface area contributed by atoms with Gasteiger partial charge in [-0.25, -0.2) is 0 Å². The van der Waals surface area contributed by atoms with E-state index >= 15 is 0 Å². The molecule has 1 aliphatic rings. The molecule has 5 aromatic rings. The molecule has 4 atom stereocenters. The Labute approximate surface area is 348 Å². The molecule has 2 N–H and O–H groups in total. The lowest BCUT2D eigenvalue weighted by Gasteiger charge is -2.32. The zero-order chi connectivity index (χ0) is 42.1. The minimum absolute atomic E-state index is 0.0699. The van der Waals surface area contributed by atoms with E-state index in [1.807, 2.05) is 166 Å². The van der Waals surface area contributed by atoms with Crippen LogP contribution in [0.15, 0.2) is 126 Å². The van der Waals surface area contributed by atoms with E-state index in [1.54, 1.807) is 16.7 Å². The molecule has 1 aliphatic heterocycles. The van der Waals surface area contributed by atoms with Gasteiger partial charge in [0.05, 0.1) is 5.92 Å². The number of carbonyl (C=O) groups excluding carboxylic acids is 4. The van der Waals surface area contributed by atoms with Crippen molar-refractivity contribution in [3.05, 3.63) is 132 Å². The molecule has 4 aromatic carbocycles. The first kappa shape index (κ1) is 42.6. The zero-order valence-corrected chi connectivity index (χ0v) is 34.9. The smallest absolute Gasteiger partial charge is 0.247 e. The standard InChI is InChI=1S/C48H56N6O5/c1-7-30-53(47(57)40(32-51(3)4)34-15-10-8-11-16-34)33(2)45(55)49-38-24-20-35(21-25-38)42-28-29-43(59-42)36-22-26-39(27-23-36)50-46(56)41-19-14-31-54(41)48(58)44(52(5)6)37-17-12-9-13-18-37/h8-13,15-18,20-29,33,40-41,44H,7,14,19,30-32H2,1-6H3,(H,49,55)(H,50,56). The topological polar surface area (TPSA) is 118 Å². The van der Waals surface area contributed by atoms with Crippen LogP contribution in [-0.4, -0.2) is 103 Å². The van der Waals surface area contributed by atoms with Crippen molar-refractivity contribution in [1.29, 1.82) is 0 Å². The molecule has 0 spiro atoms. The van der Waals surface area contributed by atoms with Crippen molar-refractivity contribution in [2.24, 2.45) is 0 Å². The van der Waals surface area contributed by atoms with Crippen LogP contribution < -0.4 is 10.6 Å². The summed E-state index contributed by atoms with van der Waals surface area (Å²) in [6.07, 6.45) is 2.10. The van der Waals surface area contributed by atoms with Crippen molar-refractivity contribution in [3.8, 4) is 22.6 Å². The van der Waals surface area contributed by atoms with Gasteiger partial charge < -0.3 is 29.8 Å². The van der Waals surface area contributed by atoms with Crippen LogP contribution >= 0.6 is 0 Å². The number of likely N-dealkylation sites (N-methyl/N-ethyl adjacent to an activating group) is 2. The molecule has 4 unspecified atom stereocenters. The predicted molar refractivity (Wildman–Crippen MR) is 234 cm³/mol. The number of benzene rings is 4. The van der Waals surface area contributed by atoms with Gasteiger partial charge >= 0.3 is 0 Å². The molecule has 11 heteroatoms. The van der Waals surface area contributed by atoms with Crippen LogP contribution in [-0.2, 0) is 19.2 Å². The third-order valence-electron chi connectivity index (χ3n) is 10.8. The molecule has 1 fully saturated rings. The van der Waals surface area contributed by atoms with Gasteiger partial charge in [0.1, 0.15) is 29.6 Å². The van der Waals surface area contributed by atoms with E-state index in [-0.39, 0.29) is 23.6 Å². The maximum atomic E-state index is 14.0. The third kappa shape index (κ3) is 10.3. The van der Waals surface area contributed by atoms with Crippen LogP contribution in [0.5, 0.6) is 0 Å². The second-order valence-corrected chi connectivity index (χ2v) is 15.7. The number of nitrogens with one attached hydrogen (secondary N) is 2. The van der Waals surface area contributed by atoms with Crippen LogP contribution in [0, 0.1) is 0 Å². The summed E-state index contributed by atoms with van der Waals surface area (Å²) in [5.74, 6) is 0.326. The molecule has 6 rings (SSSR count). The molecule has 1 aromatic heterocycles. The van der Waals surface area contributed by atoms with Crippen molar-refractivity contribution < 1.29 is 23.6 Å². The van der Waals surface area contributed by atoms with E-state index in [9.17, 15) is 19.2 Å². The summed E-state index contributed by atoms with van der Waals surface area (Å²) in [6.45, 7) is 5.33. The lowest BCUT2D eigenvalue weighted by molar-refractivity contribution is -0.140. The molecule has 0 bridgehead atoms. The molecule has 0 radical (unpaired) electrons. The first-order valence-electron chi connectivity index (χ1n) is 20.4. The average molecular weight is 797 g/mol. The number of hydrogen-bond donors (Lipinski definition) is 2. The average Bonchev–Trinajstić information content (AvgIpc) is 3.94. The van der Waals surface area contributed by atoms with Gasteiger partial charge in [0.2, 0.25) is 23.6 Å². The highest BCUT2D eigenvalue weighted by atomic mass is 16.3. The quantitative estimate of drug-likeness (QED) is 0.105. The van der Waals surface area contributed by atoms with Crippen LogP contribution in [0.3, 0.4) is 0 Å². The molecule has 1 saturated heterocycles. The maximum absolute atomic E-state index is 14.0. The normalized spacial score (nSPS) is 15.5. The Morgan fingerprint density at radius 2 is 1.27 bits per heavy atom. The van der Waals surface area contributed by atoms with E-state index in [1.165, 1.54) is 0 Å². The second-order valence-electron chi connectivity index (χ2n) is 15.7. The van der Waals surface area contributed by atoms with E-state index < -0.39 is 24.0 Å². The molecule has 2 heterocycles. The zero-order valence-electron chi connectivity index (χ0n) is 34.9. The Bertz CT molecular complexity index is 2170. The Morgan fingerprint density at radius 1 is 0.729 bits per heavy atom. The van der Waals surface area contributed by atoms with Gasteiger partial charge in [-0.15, -0.1) is 0 Å². The second kappa shape index (κ2) is 19.6. The molecule has 11 nitrogen and oxygen atoms in total. The van der Waals surface area contributed by atoms with Gasteiger partial charge in [-0.1, -0.05) is 67.6 Å². The van der Waals surface area contributed by atoms with Crippen LogP contribution in [0.25, 0.3) is 22.6 Å². The molecule has 0 aliphatic carbocycles. The monoisotopic (exact) mass is 796 g/mol. The van der Waals surface area contributed by atoms with Crippen LogP contribution in [0.1, 0.15) is 56.2 Å². The van der Waals surface area contributed by atoms with Gasteiger partial charge in [0, 0.05) is 42.1 Å². The van der Waals surface area contributed by atoms with E-state index in [0.29, 0.717) is 49.0 Å². The first-order chi connectivity index (χ1) is 28.4. The number of rotatable bonds is 16. The fourth-order valence-corrected chi connectivity index (χ4v) is 7.77. The van der Waals surface area contributed by atoms with Crippen LogP contribution in [0.4, 0.5) is 11.4 Å². The minimum atomic E-state index is -0.676. The van der Waals surface area contributed by atoms with E-state index in [0.717, 1.165) is 35.1 Å². The third-order valence-corrected chi connectivity index (χ3v) is 10.8. The maximum Gasteiger partial charge on any atom is 0.247 e. The Morgan fingerprint density at radius 3 is 1.80 bits per heavy atom. The van der Waals surface area contributed by atoms with Crippen molar-refractivity contribution in [2.45, 2.75) is 57.2 Å². The number of anilines is 2. The number of amides is 4. The van der Waals surface area contributed by atoms with Crippen molar-refractivity contribution in [1.82, 2.24) is 19.6 Å². The molecular formula is C48H56N6O5. The van der Waals surface area contributed by atoms with Crippen molar-refractivity contribution in [2.75, 3.05) is 58.5 Å². The molecular weight excluding hydrogens is 741 g/mol. The van der Waals surface area contributed by atoms with Gasteiger partial charge in [-0.2, -0.15) is 0 Å². The summed E-state index contributed by atoms with van der Waals surface area (Å²) < 4.78 is 6.24. The largest absolute Gasteiger partial charge is 0.456 e. The summed E-state index contributed by atoms with van der Waals surface area (Å²) in [5, 5.41) is 6.02. The highest BCUT2D eigenvalue weighted by molar-refractivity contribution is 5.99. The summed E-state index contributed by atoms with van der Waals surface area (Å²) in [4.78, 5) is 62.1. The fraction of sp³-hybridized carbons (Fsp3) is 0.333. The molecule has 4 amide bonds. The first-order valence-corrected chi connectivity index (χ1v) is 20.4. The minimum Gasteiger partial charge on any atom is -0.456 e. The molecule has 59 heavy (non-hydrogen) atoms. The molecule has 308 valence electrons. The van der Waals surface area contributed by atoms with Gasteiger partial charge in [-0.05, 0) is 126 Å². The fourth-order valence-electron chi connectivity index (χ4n) is 7.77. The van der Waals surface area contributed by atoms with Gasteiger partial charge in [0.25, 0.3) is 0 Å². The number of furan rings is 1. The lowest BCUT2D eigenvalue weighted by Crippen LogP contribution is -2.49. The van der Waals surface area contributed by atoms with Crippen LogP contribution in [0.2, 0.25) is 0 Å². The Balaban J connectivity index is 1.06. The Kier molecular flexibility index (Phi) is 14.1. The van der Waals surface area contributed by atoms with E-state index in [4.69, 9.17) is 4.42 Å².